The first-order chi connectivity index (χ1) is 13.7. The van der Waals surface area contributed by atoms with Gasteiger partial charge in [0.25, 0.3) is 0 Å². The van der Waals surface area contributed by atoms with Crippen LogP contribution < -0.4 is 4.90 Å². The number of likely N-dealkylation sites (N-methyl/N-ethyl adjacent to an activating group) is 1. The van der Waals surface area contributed by atoms with E-state index in [4.69, 9.17) is 4.74 Å². The molecule has 2 heterocycles. The van der Waals surface area contributed by atoms with Crippen LogP contribution >= 0.6 is 11.3 Å². The Labute approximate surface area is 171 Å². The summed E-state index contributed by atoms with van der Waals surface area (Å²) in [4.78, 5) is 21.7. The highest BCUT2D eigenvalue weighted by molar-refractivity contribution is 7.22. The number of para-hydroxylation sites is 1. The van der Waals surface area contributed by atoms with Crippen LogP contribution in [0.2, 0.25) is 0 Å². The highest BCUT2D eigenvalue weighted by atomic mass is 32.1. The molecule has 6 heteroatoms. The molecule has 0 spiro atoms. The van der Waals surface area contributed by atoms with Crippen molar-refractivity contribution < 1.29 is 9.53 Å². The van der Waals surface area contributed by atoms with Gasteiger partial charge in [0, 0.05) is 19.6 Å². The van der Waals surface area contributed by atoms with E-state index in [1.165, 1.54) is 32.1 Å². The van der Waals surface area contributed by atoms with Gasteiger partial charge in [-0.2, -0.15) is 0 Å². The van der Waals surface area contributed by atoms with Crippen LogP contribution in [0.15, 0.2) is 24.3 Å². The van der Waals surface area contributed by atoms with Gasteiger partial charge >= 0.3 is 0 Å². The molecule has 2 fully saturated rings. The number of ether oxygens (including phenoxy) is 1. The summed E-state index contributed by atoms with van der Waals surface area (Å²) >= 11 is 1.60. The fraction of sp³-hybridized carbons (Fsp3) is 0.636. The molecule has 0 N–H and O–H groups in total. The van der Waals surface area contributed by atoms with Crippen molar-refractivity contribution in [3.05, 3.63) is 24.3 Å². The Morgan fingerprint density at radius 1 is 1.14 bits per heavy atom. The lowest BCUT2D eigenvalue weighted by atomic mass is 9.97. The molecule has 1 aromatic heterocycles. The van der Waals surface area contributed by atoms with Crippen LogP contribution in [0.5, 0.6) is 0 Å². The molecular formula is C22H31N3O2S. The van der Waals surface area contributed by atoms with Gasteiger partial charge in [0.05, 0.1) is 29.0 Å². The van der Waals surface area contributed by atoms with Crippen molar-refractivity contribution in [2.24, 2.45) is 0 Å². The van der Waals surface area contributed by atoms with Crippen molar-refractivity contribution >= 4 is 32.6 Å². The molecule has 1 amide bonds. The van der Waals surface area contributed by atoms with E-state index in [0.717, 1.165) is 41.3 Å². The van der Waals surface area contributed by atoms with Gasteiger partial charge in [-0.1, -0.05) is 42.7 Å². The number of benzene rings is 1. The van der Waals surface area contributed by atoms with E-state index >= 15 is 0 Å². The van der Waals surface area contributed by atoms with Gasteiger partial charge in [0.15, 0.2) is 5.13 Å². The Bertz CT molecular complexity index is 746. The van der Waals surface area contributed by atoms with Crippen LogP contribution in [-0.2, 0) is 9.53 Å². The average molecular weight is 402 g/mol. The Balaban J connectivity index is 1.29. The summed E-state index contributed by atoms with van der Waals surface area (Å²) in [5.74, 6) is 0.146. The summed E-state index contributed by atoms with van der Waals surface area (Å²) in [6.45, 7) is 5.04. The third kappa shape index (κ3) is 4.73. The molecule has 0 unspecified atom stereocenters. The van der Waals surface area contributed by atoms with E-state index in [1.54, 1.807) is 11.3 Å². The number of hydrogen-bond donors (Lipinski definition) is 0. The van der Waals surface area contributed by atoms with Gasteiger partial charge in [-0.3, -0.25) is 14.6 Å². The van der Waals surface area contributed by atoms with Crippen molar-refractivity contribution in [3.8, 4) is 0 Å². The number of carbonyl (C=O) groups excluding carboxylic acids is 1. The topological polar surface area (TPSA) is 45.7 Å². The zero-order valence-corrected chi connectivity index (χ0v) is 17.6. The Hall–Kier alpha value is -1.50. The lowest BCUT2D eigenvalue weighted by Crippen LogP contribution is -2.45. The molecule has 1 aliphatic carbocycles. The molecule has 152 valence electrons. The van der Waals surface area contributed by atoms with E-state index in [-0.39, 0.29) is 5.91 Å². The summed E-state index contributed by atoms with van der Waals surface area (Å²) in [6, 6.07) is 8.07. The highest BCUT2D eigenvalue weighted by Gasteiger charge is 2.26. The summed E-state index contributed by atoms with van der Waals surface area (Å²) in [7, 11) is 0. The first kappa shape index (κ1) is 19.8. The van der Waals surface area contributed by atoms with Gasteiger partial charge in [-0.05, 0) is 44.7 Å². The minimum absolute atomic E-state index is 0.146. The van der Waals surface area contributed by atoms with Crippen LogP contribution in [0.1, 0.15) is 51.9 Å². The first-order valence-corrected chi connectivity index (χ1v) is 11.6. The zero-order chi connectivity index (χ0) is 19.3. The SMILES string of the molecule is CCN(C(=O)CN1CCC(OC2CCCCC2)CC1)c1nc2ccccc2s1. The summed E-state index contributed by atoms with van der Waals surface area (Å²) in [5, 5.41) is 0.809. The van der Waals surface area contributed by atoms with Crippen molar-refractivity contribution in [3.63, 3.8) is 0 Å². The van der Waals surface area contributed by atoms with Gasteiger partial charge in [0.2, 0.25) is 5.91 Å². The molecule has 2 aromatic rings. The maximum atomic E-state index is 12.9. The summed E-state index contributed by atoms with van der Waals surface area (Å²) in [6.07, 6.45) is 9.38. The van der Waals surface area contributed by atoms with Crippen molar-refractivity contribution in [2.45, 2.75) is 64.1 Å². The van der Waals surface area contributed by atoms with Crippen LogP contribution in [0.3, 0.4) is 0 Å². The molecular weight excluding hydrogens is 370 g/mol. The fourth-order valence-electron chi connectivity index (χ4n) is 4.35. The number of nitrogens with zero attached hydrogens (tertiary/aromatic N) is 3. The fourth-order valence-corrected chi connectivity index (χ4v) is 5.39. The van der Waals surface area contributed by atoms with Gasteiger partial charge < -0.3 is 4.74 Å². The number of aromatic nitrogens is 1. The number of fused-ring (bicyclic) bond motifs is 1. The van der Waals surface area contributed by atoms with Crippen LogP contribution in [0.25, 0.3) is 10.2 Å². The quantitative estimate of drug-likeness (QED) is 0.717. The number of hydrogen-bond acceptors (Lipinski definition) is 5. The van der Waals surface area contributed by atoms with E-state index in [9.17, 15) is 4.79 Å². The number of amides is 1. The summed E-state index contributed by atoms with van der Waals surface area (Å²) in [5.41, 5.74) is 0.967. The minimum atomic E-state index is 0.146. The maximum Gasteiger partial charge on any atom is 0.242 e. The highest BCUT2D eigenvalue weighted by Crippen LogP contribution is 2.29. The van der Waals surface area contributed by atoms with Crippen LogP contribution in [0.4, 0.5) is 5.13 Å². The first-order valence-electron chi connectivity index (χ1n) is 10.8. The third-order valence-electron chi connectivity index (χ3n) is 5.96. The number of piperidine rings is 1. The van der Waals surface area contributed by atoms with Crippen molar-refractivity contribution in [2.75, 3.05) is 31.1 Å². The molecule has 0 radical (unpaired) electrons. The molecule has 5 nitrogen and oxygen atoms in total. The van der Waals surface area contributed by atoms with Gasteiger partial charge in [0.1, 0.15) is 0 Å². The monoisotopic (exact) mass is 401 g/mol. The standard InChI is InChI=1S/C22H31N3O2S/c1-2-25(22-23-19-10-6-7-11-20(19)28-22)21(26)16-24-14-12-18(13-15-24)27-17-8-4-3-5-9-17/h6-7,10-11,17-18H,2-5,8-9,12-16H2,1H3. The second-order valence-electron chi connectivity index (χ2n) is 7.97. The molecule has 0 atom stereocenters. The Kier molecular flexibility index (Phi) is 6.60. The normalized spacial score (nSPS) is 19.9. The molecule has 1 saturated carbocycles. The maximum absolute atomic E-state index is 12.9. The lowest BCUT2D eigenvalue weighted by Gasteiger charge is -2.35. The predicted octanol–water partition coefficient (Wildman–Crippen LogP) is 4.46. The van der Waals surface area contributed by atoms with Gasteiger partial charge in [-0.25, -0.2) is 4.98 Å². The number of likely N-dealkylation sites (tertiary alicyclic amines) is 1. The molecule has 0 bridgehead atoms. The second-order valence-corrected chi connectivity index (χ2v) is 8.98. The van der Waals surface area contributed by atoms with E-state index in [0.29, 0.717) is 25.3 Å². The number of rotatable bonds is 6. The van der Waals surface area contributed by atoms with Crippen LogP contribution in [0, 0.1) is 0 Å². The lowest BCUT2D eigenvalue weighted by molar-refractivity contribution is -0.120. The third-order valence-corrected chi connectivity index (χ3v) is 7.02. The number of carbonyl (C=O) groups is 1. The molecule has 28 heavy (non-hydrogen) atoms. The molecule has 1 aliphatic heterocycles. The Morgan fingerprint density at radius 2 is 1.86 bits per heavy atom. The van der Waals surface area contributed by atoms with E-state index < -0.39 is 0 Å². The van der Waals surface area contributed by atoms with Crippen molar-refractivity contribution in [1.82, 2.24) is 9.88 Å². The largest absolute Gasteiger partial charge is 0.375 e. The molecule has 2 aliphatic rings. The smallest absolute Gasteiger partial charge is 0.242 e. The van der Waals surface area contributed by atoms with Crippen LogP contribution in [-0.4, -0.2) is 54.2 Å². The predicted molar refractivity (Wildman–Crippen MR) is 115 cm³/mol. The molecule has 1 aromatic carbocycles. The minimum Gasteiger partial charge on any atom is -0.375 e. The molecule has 4 rings (SSSR count). The van der Waals surface area contributed by atoms with Gasteiger partial charge in [-0.15, -0.1) is 0 Å². The Morgan fingerprint density at radius 3 is 2.57 bits per heavy atom. The number of anilines is 1. The number of thiazole rings is 1. The zero-order valence-electron chi connectivity index (χ0n) is 16.8. The summed E-state index contributed by atoms with van der Waals surface area (Å²) < 4.78 is 7.46. The second kappa shape index (κ2) is 9.33. The van der Waals surface area contributed by atoms with E-state index in [1.807, 2.05) is 30.0 Å². The average Bonchev–Trinajstić information content (AvgIpc) is 3.14. The molecule has 1 saturated heterocycles. The van der Waals surface area contributed by atoms with Crippen molar-refractivity contribution in [1.29, 1.82) is 0 Å². The van der Waals surface area contributed by atoms with E-state index in [2.05, 4.69) is 16.0 Å².